The average Bonchev–Trinajstić information content (AvgIpc) is 2.93. The molecule has 4 aromatic rings. The number of nitro benzene ring substituents is 1. The van der Waals surface area contributed by atoms with Crippen LogP contribution < -0.4 is 5.32 Å². The number of anilines is 1. The van der Waals surface area contributed by atoms with Gasteiger partial charge in [-0.05, 0) is 30.3 Å². The first-order valence-corrected chi connectivity index (χ1v) is 12.3. The number of nitrogens with zero attached hydrogens (tertiary/aromatic N) is 2. The van der Waals surface area contributed by atoms with Crippen LogP contribution >= 0.6 is 23.4 Å². The molecule has 0 aliphatic carbocycles. The zero-order chi connectivity index (χ0) is 27.1. The normalized spacial score (nSPS) is 11.2. The van der Waals surface area contributed by atoms with Gasteiger partial charge in [0.05, 0.1) is 26.8 Å². The van der Waals surface area contributed by atoms with Crippen molar-refractivity contribution < 1.29 is 19.2 Å². The molecule has 0 heterocycles. The fourth-order valence-electron chi connectivity index (χ4n) is 3.48. The summed E-state index contributed by atoms with van der Waals surface area (Å²) in [7, 11) is 0. The molecule has 4 aromatic carbocycles. The molecule has 0 fully saturated rings. The highest BCUT2D eigenvalue weighted by atomic mass is 35.5. The van der Waals surface area contributed by atoms with Gasteiger partial charge in [-0.15, -0.1) is 0 Å². The third-order valence-electron chi connectivity index (χ3n) is 5.32. The zero-order valence-corrected chi connectivity index (χ0v) is 21.1. The van der Waals surface area contributed by atoms with Gasteiger partial charge in [0.1, 0.15) is 6.07 Å². The summed E-state index contributed by atoms with van der Waals surface area (Å²) in [6.45, 7) is 0. The number of hydrogen-bond donors (Lipinski definition) is 1. The molecule has 0 aromatic heterocycles. The predicted molar refractivity (Wildman–Crippen MR) is 143 cm³/mol. The van der Waals surface area contributed by atoms with E-state index >= 15 is 0 Å². The maximum Gasteiger partial charge on any atom is 0.340 e. The third kappa shape index (κ3) is 6.18. The maximum absolute atomic E-state index is 13.4. The van der Waals surface area contributed by atoms with Crippen molar-refractivity contribution in [3.05, 3.63) is 129 Å². The van der Waals surface area contributed by atoms with E-state index in [1.54, 1.807) is 78.9 Å². The lowest BCUT2D eigenvalue weighted by Gasteiger charge is -2.19. The smallest absolute Gasteiger partial charge is 0.340 e. The number of non-ortho nitro benzene ring substituents is 1. The van der Waals surface area contributed by atoms with E-state index in [4.69, 9.17) is 16.3 Å². The summed E-state index contributed by atoms with van der Waals surface area (Å²) in [5, 5.41) is 23.0. The summed E-state index contributed by atoms with van der Waals surface area (Å²) < 4.78 is 5.71. The average molecular weight is 544 g/mol. The van der Waals surface area contributed by atoms with Gasteiger partial charge in [-0.1, -0.05) is 78.0 Å². The van der Waals surface area contributed by atoms with Gasteiger partial charge >= 0.3 is 5.97 Å². The zero-order valence-electron chi connectivity index (χ0n) is 19.5. The molecular formula is C28H18ClN3O5S. The number of nitro groups is 1. The first kappa shape index (κ1) is 26.4. The highest BCUT2D eigenvalue weighted by Gasteiger charge is 2.28. The Hall–Kier alpha value is -4.65. The third-order valence-corrected chi connectivity index (χ3v) is 6.79. The van der Waals surface area contributed by atoms with Crippen molar-refractivity contribution in [1.29, 1.82) is 5.26 Å². The van der Waals surface area contributed by atoms with Crippen LogP contribution in [0.1, 0.15) is 27.6 Å². The molecule has 0 saturated carbocycles. The Morgan fingerprint density at radius 2 is 1.61 bits per heavy atom. The Kier molecular flexibility index (Phi) is 8.38. The summed E-state index contributed by atoms with van der Waals surface area (Å²) in [6, 6.07) is 27.9. The number of amides is 1. The molecule has 4 rings (SSSR count). The van der Waals surface area contributed by atoms with Gasteiger partial charge < -0.3 is 10.1 Å². The number of carbonyl (C=O) groups is 2. The highest BCUT2D eigenvalue weighted by Crippen LogP contribution is 2.34. The van der Waals surface area contributed by atoms with E-state index in [1.807, 2.05) is 0 Å². The lowest BCUT2D eigenvalue weighted by Crippen LogP contribution is -2.26. The topological polar surface area (TPSA) is 122 Å². The van der Waals surface area contributed by atoms with Gasteiger partial charge in [0.15, 0.2) is 0 Å². The minimum absolute atomic E-state index is 0.0383. The summed E-state index contributed by atoms with van der Waals surface area (Å²) >= 11 is 7.38. The monoisotopic (exact) mass is 543 g/mol. The first-order chi connectivity index (χ1) is 18.4. The molecule has 8 nitrogen and oxygen atoms in total. The van der Waals surface area contributed by atoms with E-state index < -0.39 is 22.9 Å². The van der Waals surface area contributed by atoms with Gasteiger partial charge in [0, 0.05) is 27.5 Å². The molecule has 188 valence electrons. The largest absolute Gasteiger partial charge is 0.444 e. The summed E-state index contributed by atoms with van der Waals surface area (Å²) in [4.78, 5) is 38.3. The standard InChI is InChI=1S/C28H18ClN3O5S/c29-22-16-20(32(35)36)14-15-23(22)31-27(33)26(18-8-2-1-3-9-18)37-28(34)21-11-5-7-13-25(21)38-24-12-6-4-10-19(24)17-30/h1-16,26H,(H,31,33). The number of carbonyl (C=O) groups excluding carboxylic acids is 2. The van der Waals surface area contributed by atoms with E-state index in [9.17, 15) is 25.0 Å². The quantitative estimate of drug-likeness (QED) is 0.147. The number of nitrogens with one attached hydrogen (secondary N) is 1. The molecule has 0 aliphatic heterocycles. The van der Waals surface area contributed by atoms with Crippen LogP contribution in [0.3, 0.4) is 0 Å². The van der Waals surface area contributed by atoms with Crippen molar-refractivity contribution in [3.8, 4) is 6.07 Å². The van der Waals surface area contributed by atoms with Gasteiger partial charge in [0.2, 0.25) is 6.10 Å². The number of nitriles is 1. The van der Waals surface area contributed by atoms with Crippen molar-refractivity contribution in [2.75, 3.05) is 5.32 Å². The Balaban J connectivity index is 1.62. The van der Waals surface area contributed by atoms with Crippen LogP contribution in [0.5, 0.6) is 0 Å². The van der Waals surface area contributed by atoms with Crippen molar-refractivity contribution in [2.45, 2.75) is 15.9 Å². The lowest BCUT2D eigenvalue weighted by molar-refractivity contribution is -0.384. The number of ether oxygens (including phenoxy) is 1. The highest BCUT2D eigenvalue weighted by molar-refractivity contribution is 7.99. The Morgan fingerprint density at radius 1 is 0.947 bits per heavy atom. The number of hydrogen-bond acceptors (Lipinski definition) is 7. The SMILES string of the molecule is N#Cc1ccccc1Sc1ccccc1C(=O)OC(C(=O)Nc1ccc([N+](=O)[O-])cc1Cl)c1ccccc1. The number of halogens is 1. The van der Waals surface area contributed by atoms with E-state index in [0.29, 0.717) is 20.9 Å². The van der Waals surface area contributed by atoms with Crippen LogP contribution in [0, 0.1) is 21.4 Å². The van der Waals surface area contributed by atoms with Crippen LogP contribution in [-0.2, 0) is 9.53 Å². The fourth-order valence-corrected chi connectivity index (χ4v) is 4.72. The molecular weight excluding hydrogens is 526 g/mol. The molecule has 0 spiro atoms. The second-order valence-electron chi connectivity index (χ2n) is 7.81. The molecule has 10 heteroatoms. The van der Waals surface area contributed by atoms with Crippen molar-refractivity contribution in [3.63, 3.8) is 0 Å². The second-order valence-corrected chi connectivity index (χ2v) is 9.30. The molecule has 1 unspecified atom stereocenters. The van der Waals surface area contributed by atoms with Crippen LogP contribution in [0.4, 0.5) is 11.4 Å². The Bertz CT molecular complexity index is 1560. The molecule has 1 amide bonds. The van der Waals surface area contributed by atoms with Gasteiger partial charge in [-0.25, -0.2) is 4.79 Å². The number of esters is 1. The van der Waals surface area contributed by atoms with Crippen molar-refractivity contribution in [1.82, 2.24) is 0 Å². The van der Waals surface area contributed by atoms with E-state index in [2.05, 4.69) is 11.4 Å². The second kappa shape index (κ2) is 12.1. The molecule has 1 N–H and O–H groups in total. The van der Waals surface area contributed by atoms with Crippen LogP contribution in [0.25, 0.3) is 0 Å². The molecule has 1 atom stereocenters. The maximum atomic E-state index is 13.4. The minimum Gasteiger partial charge on any atom is -0.444 e. The Labute approximate surface area is 227 Å². The minimum atomic E-state index is -1.35. The van der Waals surface area contributed by atoms with Crippen molar-refractivity contribution >= 4 is 46.6 Å². The molecule has 38 heavy (non-hydrogen) atoms. The van der Waals surface area contributed by atoms with Gasteiger partial charge in [-0.2, -0.15) is 5.26 Å². The number of benzene rings is 4. The van der Waals surface area contributed by atoms with E-state index in [0.717, 1.165) is 6.07 Å². The van der Waals surface area contributed by atoms with Crippen LogP contribution in [0.2, 0.25) is 5.02 Å². The fraction of sp³-hybridized carbons (Fsp3) is 0.0357. The van der Waals surface area contributed by atoms with E-state index in [1.165, 1.54) is 23.9 Å². The molecule has 0 radical (unpaired) electrons. The van der Waals surface area contributed by atoms with Crippen LogP contribution in [0.15, 0.2) is 107 Å². The van der Waals surface area contributed by atoms with Crippen molar-refractivity contribution in [2.24, 2.45) is 0 Å². The molecule has 0 saturated heterocycles. The first-order valence-electron chi connectivity index (χ1n) is 11.1. The predicted octanol–water partition coefficient (Wildman–Crippen LogP) is 6.81. The molecule has 0 aliphatic rings. The summed E-state index contributed by atoms with van der Waals surface area (Å²) in [5.74, 6) is -1.44. The lowest BCUT2D eigenvalue weighted by atomic mass is 10.1. The summed E-state index contributed by atoms with van der Waals surface area (Å²) in [5.41, 5.74) is 0.986. The molecule has 0 bridgehead atoms. The van der Waals surface area contributed by atoms with Crippen LogP contribution in [-0.4, -0.2) is 16.8 Å². The number of rotatable bonds is 8. The van der Waals surface area contributed by atoms with Gasteiger partial charge in [0.25, 0.3) is 11.6 Å². The van der Waals surface area contributed by atoms with E-state index in [-0.39, 0.29) is 22.0 Å². The van der Waals surface area contributed by atoms with Gasteiger partial charge in [-0.3, -0.25) is 14.9 Å². The Morgan fingerprint density at radius 3 is 2.29 bits per heavy atom. The summed E-state index contributed by atoms with van der Waals surface area (Å²) in [6.07, 6.45) is -1.35.